The molecular weight excluding hydrogens is 288 g/mol. The Kier molecular flexibility index (Phi) is 3.60. The lowest BCUT2D eigenvalue weighted by molar-refractivity contribution is -0.389. The molecule has 9 nitrogen and oxygen atoms in total. The first-order valence-electron chi connectivity index (χ1n) is 6.56. The van der Waals surface area contributed by atoms with E-state index in [1.807, 2.05) is 6.07 Å². The third-order valence-electron chi connectivity index (χ3n) is 3.04. The third kappa shape index (κ3) is 2.82. The van der Waals surface area contributed by atoms with Crippen LogP contribution in [0, 0.1) is 17.0 Å². The molecule has 3 aromatic heterocycles. The third-order valence-corrected chi connectivity index (χ3v) is 3.04. The van der Waals surface area contributed by atoms with Gasteiger partial charge in [0.1, 0.15) is 5.69 Å². The Balaban J connectivity index is 1.70. The smallest absolute Gasteiger partial charge is 0.390 e. The van der Waals surface area contributed by atoms with E-state index in [9.17, 15) is 10.1 Å². The predicted octanol–water partition coefficient (Wildman–Crippen LogP) is 1.79. The van der Waals surface area contributed by atoms with Crippen LogP contribution in [0.25, 0.3) is 11.6 Å². The molecule has 0 atom stereocenters. The molecule has 0 saturated heterocycles. The number of hydrogen-bond donors (Lipinski definition) is 0. The molecule has 0 unspecified atom stereocenters. The van der Waals surface area contributed by atoms with Gasteiger partial charge in [0.25, 0.3) is 5.89 Å². The second-order valence-electron chi connectivity index (χ2n) is 4.59. The van der Waals surface area contributed by atoms with Crippen LogP contribution in [-0.4, -0.2) is 29.9 Å². The molecule has 9 heteroatoms. The predicted molar refractivity (Wildman–Crippen MR) is 74.9 cm³/mol. The molecule has 0 amide bonds. The first-order chi connectivity index (χ1) is 10.6. The van der Waals surface area contributed by atoms with Crippen molar-refractivity contribution in [3.05, 3.63) is 52.2 Å². The fourth-order valence-electron chi connectivity index (χ4n) is 1.96. The summed E-state index contributed by atoms with van der Waals surface area (Å²) in [5.74, 6) is 0.606. The lowest BCUT2D eigenvalue weighted by Crippen LogP contribution is -2.05. The number of nitrogens with zero attached hydrogens (tertiary/aromatic N) is 6. The molecule has 112 valence electrons. The topological polar surface area (TPSA) is 113 Å². The number of pyridine rings is 1. The molecular formula is C13H12N6O3. The Labute approximate surface area is 124 Å². The quantitative estimate of drug-likeness (QED) is 0.521. The maximum Gasteiger partial charge on any atom is 0.390 e. The van der Waals surface area contributed by atoms with E-state index in [-0.39, 0.29) is 5.82 Å². The van der Waals surface area contributed by atoms with Crippen molar-refractivity contribution in [3.8, 4) is 11.6 Å². The Morgan fingerprint density at radius 2 is 2.23 bits per heavy atom. The Morgan fingerprint density at radius 3 is 2.91 bits per heavy atom. The van der Waals surface area contributed by atoms with Gasteiger partial charge in [0, 0.05) is 12.6 Å². The van der Waals surface area contributed by atoms with Gasteiger partial charge in [0.15, 0.2) is 0 Å². The van der Waals surface area contributed by atoms with Crippen LogP contribution in [0.3, 0.4) is 0 Å². The molecule has 0 spiro atoms. The van der Waals surface area contributed by atoms with Gasteiger partial charge in [-0.1, -0.05) is 6.07 Å². The Morgan fingerprint density at radius 1 is 1.36 bits per heavy atom. The second-order valence-corrected chi connectivity index (χ2v) is 4.59. The summed E-state index contributed by atoms with van der Waals surface area (Å²) in [7, 11) is 0. The first kappa shape index (κ1) is 13.9. The van der Waals surface area contributed by atoms with Gasteiger partial charge >= 0.3 is 5.82 Å². The Bertz CT molecular complexity index is 795. The number of nitro groups is 1. The van der Waals surface area contributed by atoms with Crippen molar-refractivity contribution in [1.29, 1.82) is 0 Å². The molecule has 0 aromatic carbocycles. The molecule has 0 fully saturated rings. The summed E-state index contributed by atoms with van der Waals surface area (Å²) in [5, 5.41) is 22.5. The van der Waals surface area contributed by atoms with Crippen molar-refractivity contribution in [2.24, 2.45) is 0 Å². The molecule has 22 heavy (non-hydrogen) atoms. The van der Waals surface area contributed by atoms with Crippen LogP contribution in [0.2, 0.25) is 0 Å². The second kappa shape index (κ2) is 5.72. The minimum atomic E-state index is -0.518. The van der Waals surface area contributed by atoms with E-state index in [1.54, 1.807) is 29.9 Å². The molecule has 0 aliphatic carbocycles. The minimum Gasteiger partial charge on any atom is -0.419 e. The van der Waals surface area contributed by atoms with E-state index >= 15 is 0 Å². The summed E-state index contributed by atoms with van der Waals surface area (Å²) in [4.78, 5) is 14.3. The van der Waals surface area contributed by atoms with Crippen molar-refractivity contribution in [2.45, 2.75) is 19.9 Å². The van der Waals surface area contributed by atoms with E-state index in [4.69, 9.17) is 4.42 Å². The van der Waals surface area contributed by atoms with Crippen molar-refractivity contribution < 1.29 is 9.34 Å². The number of hydrogen-bond acceptors (Lipinski definition) is 7. The molecule has 0 saturated carbocycles. The molecule has 0 radical (unpaired) electrons. The first-order valence-corrected chi connectivity index (χ1v) is 6.56. The van der Waals surface area contributed by atoms with Crippen molar-refractivity contribution in [1.82, 2.24) is 25.0 Å². The van der Waals surface area contributed by atoms with Gasteiger partial charge in [0.2, 0.25) is 5.89 Å². The van der Waals surface area contributed by atoms with Gasteiger partial charge in [-0.25, -0.2) is 0 Å². The monoisotopic (exact) mass is 300 g/mol. The zero-order chi connectivity index (χ0) is 15.5. The summed E-state index contributed by atoms with van der Waals surface area (Å²) in [6.07, 6.45) is 2.07. The maximum absolute atomic E-state index is 10.7. The molecule has 0 N–H and O–H groups in total. The van der Waals surface area contributed by atoms with Crippen LogP contribution in [0.4, 0.5) is 5.82 Å². The van der Waals surface area contributed by atoms with E-state index in [0.29, 0.717) is 36.1 Å². The summed E-state index contributed by atoms with van der Waals surface area (Å²) >= 11 is 0. The number of rotatable bonds is 5. The maximum atomic E-state index is 10.7. The molecule has 3 aromatic rings. The van der Waals surface area contributed by atoms with Gasteiger partial charge in [-0.15, -0.1) is 10.2 Å². The normalized spacial score (nSPS) is 10.8. The average Bonchev–Trinajstić information content (AvgIpc) is 3.13. The van der Waals surface area contributed by atoms with Gasteiger partial charge in [-0.3, -0.25) is 4.98 Å². The molecule has 0 bridgehead atoms. The number of aryl methyl sites for hydroxylation is 3. The van der Waals surface area contributed by atoms with Crippen molar-refractivity contribution >= 4 is 5.82 Å². The van der Waals surface area contributed by atoms with Gasteiger partial charge in [-0.05, 0) is 24.0 Å². The highest BCUT2D eigenvalue weighted by atomic mass is 16.6. The Hall–Kier alpha value is -3.10. The fourth-order valence-corrected chi connectivity index (χ4v) is 1.96. The van der Waals surface area contributed by atoms with Crippen LogP contribution >= 0.6 is 0 Å². The van der Waals surface area contributed by atoms with E-state index in [2.05, 4.69) is 20.3 Å². The molecule has 3 heterocycles. The average molecular weight is 300 g/mol. The van der Waals surface area contributed by atoms with Gasteiger partial charge in [-0.2, -0.15) is 4.68 Å². The molecule has 0 aliphatic rings. The standard InChI is InChI=1S/C13H12N6O3/c1-9-8-11(19(20)21)17-18(9)7-5-12-15-16-13(22-12)10-4-2-3-6-14-10/h2-4,6,8H,5,7H2,1H3. The van der Waals surface area contributed by atoms with Crippen molar-refractivity contribution in [2.75, 3.05) is 0 Å². The van der Waals surface area contributed by atoms with Gasteiger partial charge < -0.3 is 14.5 Å². The van der Waals surface area contributed by atoms with E-state index < -0.39 is 4.92 Å². The highest BCUT2D eigenvalue weighted by Crippen LogP contribution is 2.15. The van der Waals surface area contributed by atoms with Crippen LogP contribution in [-0.2, 0) is 13.0 Å². The van der Waals surface area contributed by atoms with Crippen LogP contribution in [0.15, 0.2) is 34.9 Å². The lowest BCUT2D eigenvalue weighted by Gasteiger charge is -1.96. The number of aromatic nitrogens is 5. The molecule has 3 rings (SSSR count). The highest BCUT2D eigenvalue weighted by Gasteiger charge is 2.16. The minimum absolute atomic E-state index is 0.169. The largest absolute Gasteiger partial charge is 0.419 e. The van der Waals surface area contributed by atoms with Crippen LogP contribution in [0.5, 0.6) is 0 Å². The summed E-state index contributed by atoms with van der Waals surface area (Å²) in [6.45, 7) is 2.18. The summed E-state index contributed by atoms with van der Waals surface area (Å²) < 4.78 is 7.07. The van der Waals surface area contributed by atoms with Crippen LogP contribution in [0.1, 0.15) is 11.6 Å². The van der Waals surface area contributed by atoms with Crippen LogP contribution < -0.4 is 0 Å². The lowest BCUT2D eigenvalue weighted by atomic mass is 10.3. The van der Waals surface area contributed by atoms with Crippen molar-refractivity contribution in [3.63, 3.8) is 0 Å². The summed E-state index contributed by atoms with van der Waals surface area (Å²) in [5.41, 5.74) is 1.31. The van der Waals surface area contributed by atoms with E-state index in [0.717, 1.165) is 0 Å². The van der Waals surface area contributed by atoms with E-state index in [1.165, 1.54) is 6.07 Å². The van der Waals surface area contributed by atoms with Gasteiger partial charge in [0.05, 0.1) is 23.4 Å². The summed E-state index contributed by atoms with van der Waals surface area (Å²) in [6, 6.07) is 6.83. The SMILES string of the molecule is Cc1cc([N+](=O)[O-])nn1CCc1nnc(-c2ccccn2)o1. The fraction of sp³-hybridized carbons (Fsp3) is 0.231. The highest BCUT2D eigenvalue weighted by molar-refractivity contribution is 5.44. The zero-order valence-electron chi connectivity index (χ0n) is 11.7. The molecule has 0 aliphatic heterocycles. The zero-order valence-corrected chi connectivity index (χ0v) is 11.7.